The van der Waals surface area contributed by atoms with E-state index in [2.05, 4.69) is 5.32 Å². The molecule has 1 N–H and O–H groups in total. The molecule has 0 fully saturated rings. The fourth-order valence-electron chi connectivity index (χ4n) is 3.32. The molecule has 0 saturated heterocycles. The second kappa shape index (κ2) is 9.47. The van der Waals surface area contributed by atoms with Gasteiger partial charge in [0.1, 0.15) is 31.6 Å². The van der Waals surface area contributed by atoms with Gasteiger partial charge in [0.25, 0.3) is 0 Å². The van der Waals surface area contributed by atoms with Crippen molar-refractivity contribution >= 4 is 21.6 Å². The molecule has 2 atom stereocenters. The second-order valence-electron chi connectivity index (χ2n) is 7.55. The van der Waals surface area contributed by atoms with Gasteiger partial charge in [-0.3, -0.25) is 9.10 Å². The molecule has 1 amide bonds. The Bertz CT molecular complexity index is 1040. The van der Waals surface area contributed by atoms with Crippen LogP contribution in [0, 0.1) is 6.92 Å². The summed E-state index contributed by atoms with van der Waals surface area (Å²) in [5.74, 6) is 1.31. The van der Waals surface area contributed by atoms with Crippen LogP contribution >= 0.6 is 0 Å². The highest BCUT2D eigenvalue weighted by Gasteiger charge is 2.31. The van der Waals surface area contributed by atoms with Crippen LogP contribution in [0.25, 0.3) is 0 Å². The smallest absolute Gasteiger partial charge is 0.243 e. The van der Waals surface area contributed by atoms with Crippen LogP contribution in [-0.2, 0) is 14.8 Å². The number of sulfonamides is 1. The molecule has 31 heavy (non-hydrogen) atoms. The molecule has 0 saturated carbocycles. The summed E-state index contributed by atoms with van der Waals surface area (Å²) in [5, 5.41) is 2.83. The van der Waals surface area contributed by atoms with Crippen LogP contribution < -0.4 is 23.8 Å². The molecule has 0 unspecified atom stereocenters. The second-order valence-corrected chi connectivity index (χ2v) is 9.41. The van der Waals surface area contributed by atoms with Gasteiger partial charge in [0, 0.05) is 6.07 Å². The van der Waals surface area contributed by atoms with Crippen molar-refractivity contribution < 1.29 is 27.4 Å². The predicted octanol–water partition coefficient (Wildman–Crippen LogP) is 2.50. The monoisotopic (exact) mass is 448 g/mol. The number of amides is 1. The van der Waals surface area contributed by atoms with Crippen molar-refractivity contribution in [1.29, 1.82) is 0 Å². The van der Waals surface area contributed by atoms with E-state index in [0.29, 0.717) is 30.4 Å². The summed E-state index contributed by atoms with van der Waals surface area (Å²) in [5.41, 5.74) is 1.33. The molecule has 2 aromatic rings. The number of nitrogens with zero attached hydrogens (tertiary/aromatic N) is 1. The molecule has 9 heteroatoms. The van der Waals surface area contributed by atoms with E-state index >= 15 is 0 Å². The quantitative estimate of drug-likeness (QED) is 0.667. The van der Waals surface area contributed by atoms with E-state index in [1.807, 2.05) is 31.2 Å². The molecule has 0 spiro atoms. The summed E-state index contributed by atoms with van der Waals surface area (Å²) in [4.78, 5) is 12.9. The Morgan fingerprint density at radius 2 is 1.81 bits per heavy atom. The normalized spacial score (nSPS) is 15.0. The fraction of sp³-hybridized carbons (Fsp3) is 0.409. The standard InChI is InChI=1S/C22H28N2O6S/c1-15-7-5-6-8-19(15)30-14-16(2)23-22(25)17(3)24(31(4,26)27)18-9-10-20-21(13-18)29-12-11-28-20/h5-10,13,16-17H,11-12,14H2,1-4H3,(H,23,25)/t16-,17+/m0/s1. The zero-order valence-electron chi connectivity index (χ0n) is 18.1. The Kier molecular flexibility index (Phi) is 6.94. The Labute approximate surface area is 183 Å². The lowest BCUT2D eigenvalue weighted by molar-refractivity contribution is -0.122. The molecule has 3 rings (SSSR count). The van der Waals surface area contributed by atoms with Crippen LogP contribution in [0.3, 0.4) is 0 Å². The van der Waals surface area contributed by atoms with Crippen molar-refractivity contribution in [2.45, 2.75) is 32.9 Å². The lowest BCUT2D eigenvalue weighted by atomic mass is 10.2. The number of para-hydroxylation sites is 1. The number of hydrogen-bond acceptors (Lipinski definition) is 6. The van der Waals surface area contributed by atoms with Gasteiger partial charge >= 0.3 is 0 Å². The van der Waals surface area contributed by atoms with Crippen LogP contribution in [0.1, 0.15) is 19.4 Å². The van der Waals surface area contributed by atoms with Gasteiger partial charge in [0.15, 0.2) is 11.5 Å². The van der Waals surface area contributed by atoms with Crippen LogP contribution in [-0.4, -0.2) is 52.5 Å². The third-order valence-electron chi connectivity index (χ3n) is 4.84. The van der Waals surface area contributed by atoms with Crippen molar-refractivity contribution in [3.8, 4) is 17.2 Å². The zero-order chi connectivity index (χ0) is 22.6. The highest BCUT2D eigenvalue weighted by molar-refractivity contribution is 7.92. The van der Waals surface area contributed by atoms with Gasteiger partial charge in [0.2, 0.25) is 15.9 Å². The number of fused-ring (bicyclic) bond motifs is 1. The first-order valence-electron chi connectivity index (χ1n) is 10.0. The van der Waals surface area contributed by atoms with E-state index in [9.17, 15) is 13.2 Å². The molecule has 8 nitrogen and oxygen atoms in total. The van der Waals surface area contributed by atoms with Gasteiger partial charge in [0.05, 0.1) is 18.0 Å². The summed E-state index contributed by atoms with van der Waals surface area (Å²) >= 11 is 0. The maximum Gasteiger partial charge on any atom is 0.243 e. The van der Waals surface area contributed by atoms with Gasteiger partial charge in [-0.2, -0.15) is 0 Å². The van der Waals surface area contributed by atoms with E-state index in [0.717, 1.165) is 21.9 Å². The van der Waals surface area contributed by atoms with Crippen LogP contribution in [0.4, 0.5) is 5.69 Å². The lowest BCUT2D eigenvalue weighted by Crippen LogP contribution is -2.50. The molecule has 1 aliphatic heterocycles. The number of carbonyl (C=O) groups is 1. The summed E-state index contributed by atoms with van der Waals surface area (Å²) in [6, 6.07) is 11.1. The summed E-state index contributed by atoms with van der Waals surface area (Å²) in [7, 11) is -3.74. The minimum absolute atomic E-state index is 0.256. The SMILES string of the molecule is Cc1ccccc1OC[C@H](C)NC(=O)[C@@H](C)N(c1ccc2c(c1)OCCO2)S(C)(=O)=O. The minimum atomic E-state index is -3.74. The van der Waals surface area contributed by atoms with Gasteiger partial charge < -0.3 is 19.5 Å². The molecule has 0 aromatic heterocycles. The summed E-state index contributed by atoms with van der Waals surface area (Å²) < 4.78 is 43.0. The lowest BCUT2D eigenvalue weighted by Gasteiger charge is -2.30. The molecule has 168 valence electrons. The number of benzene rings is 2. The number of carbonyl (C=O) groups excluding carboxylic acids is 1. The molecular weight excluding hydrogens is 420 g/mol. The van der Waals surface area contributed by atoms with Crippen molar-refractivity contribution in [3.63, 3.8) is 0 Å². The maximum absolute atomic E-state index is 12.9. The molecule has 1 aliphatic rings. The van der Waals surface area contributed by atoms with Crippen molar-refractivity contribution in [2.24, 2.45) is 0 Å². The predicted molar refractivity (Wildman–Crippen MR) is 118 cm³/mol. The highest BCUT2D eigenvalue weighted by Crippen LogP contribution is 2.35. The van der Waals surface area contributed by atoms with E-state index in [4.69, 9.17) is 14.2 Å². The average molecular weight is 449 g/mol. The van der Waals surface area contributed by atoms with Gasteiger partial charge in [-0.05, 0) is 44.5 Å². The van der Waals surface area contributed by atoms with E-state index in [1.54, 1.807) is 32.0 Å². The molecule has 2 aromatic carbocycles. The van der Waals surface area contributed by atoms with Crippen molar-refractivity contribution in [1.82, 2.24) is 5.32 Å². The van der Waals surface area contributed by atoms with Crippen LogP contribution in [0.15, 0.2) is 42.5 Å². The number of aryl methyl sites for hydroxylation is 1. The van der Waals surface area contributed by atoms with Gasteiger partial charge in [-0.25, -0.2) is 8.42 Å². The summed E-state index contributed by atoms with van der Waals surface area (Å²) in [6.07, 6.45) is 1.07. The molecule has 0 aliphatic carbocycles. The third kappa shape index (κ3) is 5.61. The van der Waals surface area contributed by atoms with E-state index in [1.165, 1.54) is 0 Å². The Morgan fingerprint density at radius 1 is 1.13 bits per heavy atom. The van der Waals surface area contributed by atoms with Crippen LogP contribution in [0.5, 0.6) is 17.2 Å². The largest absolute Gasteiger partial charge is 0.491 e. The first kappa shape index (κ1) is 22.7. The molecule has 1 heterocycles. The van der Waals surface area contributed by atoms with Crippen LogP contribution in [0.2, 0.25) is 0 Å². The number of rotatable bonds is 8. The number of anilines is 1. The summed E-state index contributed by atoms with van der Waals surface area (Å²) in [6.45, 7) is 6.36. The third-order valence-corrected chi connectivity index (χ3v) is 6.08. The number of hydrogen-bond donors (Lipinski definition) is 1. The first-order valence-corrected chi connectivity index (χ1v) is 11.9. The zero-order valence-corrected chi connectivity index (χ0v) is 18.9. The Balaban J connectivity index is 1.70. The van der Waals surface area contributed by atoms with Crippen molar-refractivity contribution in [3.05, 3.63) is 48.0 Å². The first-order chi connectivity index (χ1) is 14.7. The number of nitrogens with one attached hydrogen (secondary N) is 1. The van der Waals surface area contributed by atoms with Gasteiger partial charge in [-0.15, -0.1) is 0 Å². The maximum atomic E-state index is 12.9. The number of ether oxygens (including phenoxy) is 3. The highest BCUT2D eigenvalue weighted by atomic mass is 32.2. The minimum Gasteiger partial charge on any atom is -0.491 e. The van der Waals surface area contributed by atoms with E-state index < -0.39 is 22.0 Å². The molecular formula is C22H28N2O6S. The van der Waals surface area contributed by atoms with Crippen molar-refractivity contribution in [2.75, 3.05) is 30.4 Å². The Morgan fingerprint density at radius 3 is 2.48 bits per heavy atom. The van der Waals surface area contributed by atoms with Gasteiger partial charge in [-0.1, -0.05) is 18.2 Å². The Hall–Kier alpha value is -2.94. The molecule has 0 bridgehead atoms. The molecule has 0 radical (unpaired) electrons. The fourth-order valence-corrected chi connectivity index (χ4v) is 4.48. The topological polar surface area (TPSA) is 94.2 Å². The van der Waals surface area contributed by atoms with E-state index in [-0.39, 0.29) is 12.6 Å². The average Bonchev–Trinajstić information content (AvgIpc) is 2.72.